The number of fused-ring (bicyclic) bond motifs is 2. The number of benzene rings is 2. The van der Waals surface area contributed by atoms with E-state index in [4.69, 9.17) is 27.9 Å². The first-order chi connectivity index (χ1) is 23.6. The molecule has 0 bridgehead atoms. The van der Waals surface area contributed by atoms with Crippen LogP contribution in [0.1, 0.15) is 68.0 Å². The number of hydrogen-bond acceptors (Lipinski definition) is 5. The molecule has 50 heavy (non-hydrogen) atoms. The van der Waals surface area contributed by atoms with Crippen LogP contribution in [0.4, 0.5) is 0 Å². The molecule has 0 aliphatic heterocycles. The molecule has 0 spiro atoms. The largest absolute Gasteiger partial charge is 0.481 e. The number of carbonyl (C=O) groups excluding carboxylic acids is 1. The highest BCUT2D eigenvalue weighted by Crippen LogP contribution is 2.52. The number of esters is 1. The second-order valence-electron chi connectivity index (χ2n) is 14.4. The van der Waals surface area contributed by atoms with Crippen LogP contribution in [-0.2, 0) is 28.4 Å². The number of aromatic nitrogens is 6. The van der Waals surface area contributed by atoms with Crippen LogP contribution >= 0.6 is 23.2 Å². The number of nitrogens with zero attached hydrogens (tertiary/aromatic N) is 6. The molecular formula is C38H40Cl2N6O4. The molecule has 4 heterocycles. The standard InChI is InChI=1S/C21H24ClN3O2.C17H16ClN3O2/c1-12-18(15-11-16(15)20(26)27-21(2,3)4)19(24(5)23-12)25-9-8-13-10-14(22)6-7-17(13)25;1-9-15(12-8-13(12)17(22)23)16(20(2)19-9)21-6-5-10-7-11(18)3-4-14(10)21/h6-10,15-16H,11H2,1-5H3;3-7,12-13H,8H2,1-2H3,(H,22,23). The summed E-state index contributed by atoms with van der Waals surface area (Å²) in [7, 11) is 3.84. The summed E-state index contributed by atoms with van der Waals surface area (Å²) in [6.07, 6.45) is 5.50. The lowest BCUT2D eigenvalue weighted by atomic mass is 10.1. The zero-order chi connectivity index (χ0) is 35.8. The van der Waals surface area contributed by atoms with Crippen molar-refractivity contribution >= 4 is 56.9 Å². The van der Waals surface area contributed by atoms with E-state index in [0.29, 0.717) is 16.5 Å². The number of ether oxygens (including phenoxy) is 1. The van der Waals surface area contributed by atoms with Gasteiger partial charge in [0.1, 0.15) is 17.2 Å². The molecule has 1 N–H and O–H groups in total. The highest BCUT2D eigenvalue weighted by atomic mass is 35.5. The number of hydrogen-bond donors (Lipinski definition) is 1. The Morgan fingerprint density at radius 1 is 0.760 bits per heavy atom. The van der Waals surface area contributed by atoms with Crippen LogP contribution in [0.3, 0.4) is 0 Å². The third-order valence-corrected chi connectivity index (χ3v) is 10.1. The Hall–Kier alpha value is -4.54. The van der Waals surface area contributed by atoms with E-state index in [2.05, 4.69) is 19.3 Å². The molecule has 2 aromatic carbocycles. The predicted octanol–water partition coefficient (Wildman–Crippen LogP) is 8.28. The molecule has 4 unspecified atom stereocenters. The number of carboxylic acid groups (broad SMARTS) is 1. The average molecular weight is 716 g/mol. The average Bonchev–Trinajstić information content (AvgIpc) is 3.85. The van der Waals surface area contributed by atoms with Crippen LogP contribution < -0.4 is 0 Å². The van der Waals surface area contributed by atoms with Crippen molar-refractivity contribution in [2.24, 2.45) is 25.9 Å². The maximum Gasteiger partial charge on any atom is 0.310 e. The lowest BCUT2D eigenvalue weighted by Crippen LogP contribution is -2.25. The second-order valence-corrected chi connectivity index (χ2v) is 15.3. The van der Waals surface area contributed by atoms with Gasteiger partial charge in [-0.1, -0.05) is 23.2 Å². The molecule has 0 saturated heterocycles. The van der Waals surface area contributed by atoms with Crippen molar-refractivity contribution in [3.8, 4) is 11.6 Å². The van der Waals surface area contributed by atoms with Crippen molar-refractivity contribution in [3.05, 3.63) is 93.5 Å². The fourth-order valence-corrected chi connectivity index (χ4v) is 7.66. The number of halogens is 2. The summed E-state index contributed by atoms with van der Waals surface area (Å²) in [6.45, 7) is 9.66. The van der Waals surface area contributed by atoms with Gasteiger partial charge >= 0.3 is 11.9 Å². The van der Waals surface area contributed by atoms with Gasteiger partial charge in [0.25, 0.3) is 0 Å². The van der Waals surface area contributed by atoms with Gasteiger partial charge in [0.15, 0.2) is 0 Å². The lowest BCUT2D eigenvalue weighted by molar-refractivity contribution is -0.156. The van der Waals surface area contributed by atoms with Gasteiger partial charge in [0.05, 0.1) is 34.3 Å². The molecule has 2 aliphatic carbocycles. The Labute approximate surface area is 300 Å². The molecule has 4 atom stereocenters. The summed E-state index contributed by atoms with van der Waals surface area (Å²) in [5.74, 6) is 0.887. The molecule has 12 heteroatoms. The van der Waals surface area contributed by atoms with Crippen LogP contribution in [-0.4, -0.2) is 51.3 Å². The quantitative estimate of drug-likeness (QED) is 0.174. The molecule has 2 saturated carbocycles. The minimum atomic E-state index is -0.728. The van der Waals surface area contributed by atoms with Gasteiger partial charge in [-0.15, -0.1) is 0 Å². The zero-order valence-corrected chi connectivity index (χ0v) is 30.6. The maximum absolute atomic E-state index is 12.5. The van der Waals surface area contributed by atoms with Crippen LogP contribution in [0.25, 0.3) is 33.4 Å². The summed E-state index contributed by atoms with van der Waals surface area (Å²) in [5.41, 5.74) is 5.65. The van der Waals surface area contributed by atoms with Gasteiger partial charge in [-0.25, -0.2) is 0 Å². The van der Waals surface area contributed by atoms with Gasteiger partial charge in [-0.05, 0) is 96.0 Å². The van der Waals surface area contributed by atoms with Gasteiger partial charge in [-0.3, -0.25) is 19.0 Å². The number of rotatable bonds is 6. The third-order valence-electron chi connectivity index (χ3n) is 9.58. The van der Waals surface area contributed by atoms with Crippen molar-refractivity contribution < 1.29 is 19.4 Å². The molecule has 2 aliphatic rings. The van der Waals surface area contributed by atoms with Gasteiger partial charge in [-0.2, -0.15) is 10.2 Å². The summed E-state index contributed by atoms with van der Waals surface area (Å²) < 4.78 is 13.5. The third kappa shape index (κ3) is 6.20. The summed E-state index contributed by atoms with van der Waals surface area (Å²) >= 11 is 12.2. The predicted molar refractivity (Wildman–Crippen MR) is 195 cm³/mol. The van der Waals surface area contributed by atoms with E-state index < -0.39 is 11.6 Å². The first kappa shape index (κ1) is 33.9. The number of aryl methyl sites for hydroxylation is 4. The van der Waals surface area contributed by atoms with E-state index >= 15 is 0 Å². The molecule has 10 nitrogen and oxygen atoms in total. The smallest absolute Gasteiger partial charge is 0.310 e. The summed E-state index contributed by atoms with van der Waals surface area (Å²) in [5, 5.41) is 22.0. The van der Waals surface area contributed by atoms with Crippen LogP contribution in [0, 0.1) is 25.7 Å². The van der Waals surface area contributed by atoms with Crippen LogP contribution in [0.2, 0.25) is 10.0 Å². The van der Waals surface area contributed by atoms with Gasteiger partial charge in [0.2, 0.25) is 0 Å². The number of carbonyl (C=O) groups is 2. The molecule has 4 aromatic heterocycles. The molecule has 0 amide bonds. The molecule has 8 rings (SSSR count). The molecule has 2 fully saturated rings. The topological polar surface area (TPSA) is 109 Å². The van der Waals surface area contributed by atoms with E-state index in [9.17, 15) is 14.7 Å². The fourth-order valence-electron chi connectivity index (χ4n) is 7.30. The van der Waals surface area contributed by atoms with Crippen LogP contribution in [0.15, 0.2) is 60.9 Å². The fraction of sp³-hybridized carbons (Fsp3) is 0.368. The number of aliphatic carboxylic acids is 1. The van der Waals surface area contributed by atoms with E-state index in [0.717, 1.165) is 62.4 Å². The van der Waals surface area contributed by atoms with Crippen LogP contribution in [0.5, 0.6) is 0 Å². The Bertz CT molecular complexity index is 2300. The van der Waals surface area contributed by atoms with Gasteiger partial charge in [0, 0.05) is 70.3 Å². The lowest BCUT2D eigenvalue weighted by Gasteiger charge is -2.19. The minimum absolute atomic E-state index is 0.0425. The van der Waals surface area contributed by atoms with Crippen molar-refractivity contribution in [2.45, 2.75) is 64.9 Å². The van der Waals surface area contributed by atoms with Crippen molar-refractivity contribution in [3.63, 3.8) is 0 Å². The van der Waals surface area contributed by atoms with Crippen molar-refractivity contribution in [1.29, 1.82) is 0 Å². The minimum Gasteiger partial charge on any atom is -0.481 e. The Kier molecular flexibility index (Phi) is 8.38. The second kappa shape index (κ2) is 12.3. The first-order valence-electron chi connectivity index (χ1n) is 16.7. The Morgan fingerprint density at radius 2 is 1.20 bits per heavy atom. The van der Waals surface area contributed by atoms with E-state index in [1.54, 1.807) is 0 Å². The van der Waals surface area contributed by atoms with E-state index in [1.807, 2.05) is 119 Å². The van der Waals surface area contributed by atoms with E-state index in [-0.39, 0.29) is 29.6 Å². The zero-order valence-electron chi connectivity index (χ0n) is 29.1. The molecular weight excluding hydrogens is 675 g/mol. The Morgan fingerprint density at radius 3 is 1.62 bits per heavy atom. The normalized spacial score (nSPS) is 19.8. The summed E-state index contributed by atoms with van der Waals surface area (Å²) in [4.78, 5) is 23.8. The highest BCUT2D eigenvalue weighted by Gasteiger charge is 2.49. The molecule has 6 aromatic rings. The maximum atomic E-state index is 12.5. The number of carboxylic acids is 1. The first-order valence-corrected chi connectivity index (χ1v) is 17.4. The van der Waals surface area contributed by atoms with Crippen molar-refractivity contribution in [2.75, 3.05) is 0 Å². The van der Waals surface area contributed by atoms with E-state index in [1.165, 1.54) is 0 Å². The monoisotopic (exact) mass is 714 g/mol. The molecule has 260 valence electrons. The van der Waals surface area contributed by atoms with Gasteiger partial charge < -0.3 is 19.0 Å². The Balaban J connectivity index is 0.000000159. The van der Waals surface area contributed by atoms with Crippen molar-refractivity contribution in [1.82, 2.24) is 28.7 Å². The highest BCUT2D eigenvalue weighted by molar-refractivity contribution is 6.31. The summed E-state index contributed by atoms with van der Waals surface area (Å²) in [6, 6.07) is 15.7. The molecule has 0 radical (unpaired) electrons. The SMILES string of the molecule is Cc1nn(C)c(-n2ccc3cc(Cl)ccc32)c1C1CC1C(=O)O.Cc1nn(C)c(-n2ccc3cc(Cl)ccc32)c1C1CC1C(=O)OC(C)(C)C.